The molecule has 0 heterocycles. The highest BCUT2D eigenvalue weighted by Gasteiger charge is 2.22. The molecule has 0 amide bonds. The summed E-state index contributed by atoms with van der Waals surface area (Å²) in [6.07, 6.45) is 19.7. The van der Waals surface area contributed by atoms with Crippen LogP contribution in [0.25, 0.3) is 0 Å². The van der Waals surface area contributed by atoms with Crippen LogP contribution in [0.15, 0.2) is 0 Å². The summed E-state index contributed by atoms with van der Waals surface area (Å²) >= 11 is 0. The molecule has 1 fully saturated rings. The molecule has 6 heteroatoms. The molecule has 0 aromatic carbocycles. The van der Waals surface area contributed by atoms with Crippen molar-refractivity contribution >= 4 is 10.4 Å². The average Bonchev–Trinajstić information content (AvgIpc) is 2.66. The van der Waals surface area contributed by atoms with Gasteiger partial charge in [0.25, 0.3) is 0 Å². The van der Waals surface area contributed by atoms with Crippen LogP contribution in [-0.4, -0.2) is 21.1 Å². The topological polar surface area (TPSA) is 87.6 Å². The van der Waals surface area contributed by atoms with Gasteiger partial charge in [0.05, 0.1) is 12.7 Å². The first-order valence-corrected chi connectivity index (χ1v) is 13.0. The van der Waals surface area contributed by atoms with Gasteiger partial charge < -0.3 is 6.15 Å². The fraction of sp³-hybridized carbons (Fsp3) is 1.00. The molecule has 0 spiro atoms. The van der Waals surface area contributed by atoms with Gasteiger partial charge in [0.15, 0.2) is 0 Å². The molecule has 0 bridgehead atoms. The average molecular weight is 424 g/mol. The van der Waals surface area contributed by atoms with Crippen LogP contribution in [0.4, 0.5) is 0 Å². The lowest BCUT2D eigenvalue weighted by molar-refractivity contribution is 0.124. The number of unbranched alkanes of at least 4 members (excludes halogenated alkanes) is 10. The third-order valence-corrected chi connectivity index (χ3v) is 5.99. The van der Waals surface area contributed by atoms with Crippen molar-refractivity contribution in [1.29, 1.82) is 0 Å². The zero-order chi connectivity index (χ0) is 20.2. The van der Waals surface area contributed by atoms with E-state index in [4.69, 9.17) is 8.37 Å². The Bertz CT molecular complexity index is 393. The van der Waals surface area contributed by atoms with Crippen LogP contribution in [0.5, 0.6) is 0 Å². The first-order chi connectivity index (χ1) is 13.1. The predicted octanol–water partition coefficient (Wildman–Crippen LogP) is 7.49. The number of rotatable bonds is 15. The Morgan fingerprint density at radius 1 is 0.679 bits per heavy atom. The minimum atomic E-state index is -3.79. The van der Waals surface area contributed by atoms with E-state index in [1.807, 2.05) is 0 Å². The summed E-state index contributed by atoms with van der Waals surface area (Å²) in [4.78, 5) is 0. The van der Waals surface area contributed by atoms with E-state index in [2.05, 4.69) is 20.8 Å². The predicted molar refractivity (Wildman–Crippen MR) is 120 cm³/mol. The molecular weight excluding hydrogens is 374 g/mol. The molecule has 1 aliphatic carbocycles. The van der Waals surface area contributed by atoms with Gasteiger partial charge in [0.1, 0.15) is 0 Å². The molecule has 0 saturated heterocycles. The van der Waals surface area contributed by atoms with Crippen molar-refractivity contribution in [2.24, 2.45) is 0 Å². The molecule has 0 aromatic heterocycles. The minimum Gasteiger partial charge on any atom is -0.344 e. The van der Waals surface area contributed by atoms with E-state index in [9.17, 15) is 8.42 Å². The first-order valence-electron chi connectivity index (χ1n) is 11.6. The Hall–Kier alpha value is -0.170. The molecule has 0 radical (unpaired) electrons. The van der Waals surface area contributed by atoms with Gasteiger partial charge in [-0.25, -0.2) is 8.37 Å². The maximum atomic E-state index is 11.7. The highest BCUT2D eigenvalue weighted by Crippen LogP contribution is 2.22. The lowest BCUT2D eigenvalue weighted by Gasteiger charge is -2.20. The van der Waals surface area contributed by atoms with Gasteiger partial charge in [-0.2, -0.15) is 8.42 Å². The Morgan fingerprint density at radius 2 is 1.14 bits per heavy atom. The van der Waals surface area contributed by atoms with E-state index in [0.29, 0.717) is 0 Å². The fourth-order valence-electron chi connectivity index (χ4n) is 3.11. The Labute approximate surface area is 176 Å². The van der Waals surface area contributed by atoms with Gasteiger partial charge in [-0.15, -0.1) is 0 Å². The second kappa shape index (κ2) is 21.5. The summed E-state index contributed by atoms with van der Waals surface area (Å²) in [7, 11) is -3.79. The Kier molecular flexibility index (Phi) is 23.1. The van der Waals surface area contributed by atoms with Gasteiger partial charge in [-0.1, -0.05) is 111 Å². The zero-order valence-corrected chi connectivity index (χ0v) is 19.9. The van der Waals surface area contributed by atoms with E-state index in [1.165, 1.54) is 70.6 Å². The van der Waals surface area contributed by atoms with Crippen LogP contribution in [0.3, 0.4) is 0 Å². The van der Waals surface area contributed by atoms with E-state index < -0.39 is 10.4 Å². The van der Waals surface area contributed by atoms with E-state index in [0.717, 1.165) is 38.5 Å². The van der Waals surface area contributed by atoms with Crippen molar-refractivity contribution in [3.05, 3.63) is 0 Å². The second-order valence-electron chi connectivity index (χ2n) is 7.77. The van der Waals surface area contributed by atoms with Crippen LogP contribution < -0.4 is 6.15 Å². The molecule has 0 atom stereocenters. The summed E-state index contributed by atoms with van der Waals surface area (Å²) in [6, 6.07) is 0. The summed E-state index contributed by atoms with van der Waals surface area (Å²) in [5, 5.41) is 0. The first kappa shape index (κ1) is 30.0. The van der Waals surface area contributed by atoms with Gasteiger partial charge in [0, 0.05) is 0 Å². The lowest BCUT2D eigenvalue weighted by Crippen LogP contribution is -2.22. The molecule has 1 saturated carbocycles. The maximum absolute atomic E-state index is 11.7. The van der Waals surface area contributed by atoms with Crippen molar-refractivity contribution < 1.29 is 16.8 Å². The van der Waals surface area contributed by atoms with Gasteiger partial charge in [-0.05, 0) is 19.3 Å². The molecule has 1 rings (SSSR count). The quantitative estimate of drug-likeness (QED) is 0.276. The van der Waals surface area contributed by atoms with Gasteiger partial charge in [-0.3, -0.25) is 0 Å². The third-order valence-electron chi connectivity index (χ3n) is 5.03. The SMILES string of the molecule is CCCC.CCCCCCCCCCCCOS(=O)(=O)OC1CCCCC1.N. The number of hydrogen-bond acceptors (Lipinski definition) is 5. The molecule has 28 heavy (non-hydrogen) atoms. The summed E-state index contributed by atoms with van der Waals surface area (Å²) in [5.41, 5.74) is 0. The van der Waals surface area contributed by atoms with Crippen molar-refractivity contribution in [1.82, 2.24) is 6.15 Å². The summed E-state index contributed by atoms with van der Waals surface area (Å²) in [5.74, 6) is 0. The van der Waals surface area contributed by atoms with Crippen LogP contribution in [0.1, 0.15) is 130 Å². The highest BCUT2D eigenvalue weighted by atomic mass is 32.3. The van der Waals surface area contributed by atoms with Crippen molar-refractivity contribution in [3.63, 3.8) is 0 Å². The smallest absolute Gasteiger partial charge is 0.344 e. The Morgan fingerprint density at radius 3 is 1.61 bits per heavy atom. The lowest BCUT2D eigenvalue weighted by atomic mass is 9.98. The normalized spacial score (nSPS) is 14.8. The molecular formula is C22H49NO4S. The molecule has 5 nitrogen and oxygen atoms in total. The van der Waals surface area contributed by atoms with Crippen LogP contribution in [0, 0.1) is 0 Å². The molecule has 172 valence electrons. The number of hydrogen-bond donors (Lipinski definition) is 1. The van der Waals surface area contributed by atoms with E-state index >= 15 is 0 Å². The van der Waals surface area contributed by atoms with Gasteiger partial charge >= 0.3 is 10.4 Å². The summed E-state index contributed by atoms with van der Waals surface area (Å²) < 4.78 is 33.5. The zero-order valence-electron chi connectivity index (χ0n) is 19.1. The largest absolute Gasteiger partial charge is 0.400 e. The third kappa shape index (κ3) is 20.6. The van der Waals surface area contributed by atoms with Crippen molar-refractivity contribution in [3.8, 4) is 0 Å². The maximum Gasteiger partial charge on any atom is 0.400 e. The second-order valence-corrected chi connectivity index (χ2v) is 9.01. The summed E-state index contributed by atoms with van der Waals surface area (Å²) in [6.45, 7) is 6.86. The van der Waals surface area contributed by atoms with Crippen LogP contribution in [0.2, 0.25) is 0 Å². The molecule has 3 N–H and O–H groups in total. The fourth-order valence-corrected chi connectivity index (χ4v) is 4.01. The standard InChI is InChI=1S/C18H36O4S.C4H10.H3N/c1-2-3-4-5-6-7-8-9-10-14-17-21-23(19,20)22-18-15-12-11-13-16-18;1-3-4-2;/h18H,2-17H2,1H3;3-4H2,1-2H3;1H3. The van der Waals surface area contributed by atoms with E-state index in [1.54, 1.807) is 0 Å². The van der Waals surface area contributed by atoms with Crippen LogP contribution in [-0.2, 0) is 18.8 Å². The van der Waals surface area contributed by atoms with Crippen molar-refractivity contribution in [2.75, 3.05) is 6.61 Å². The van der Waals surface area contributed by atoms with Gasteiger partial charge in [0.2, 0.25) is 0 Å². The minimum absolute atomic E-state index is 0. The van der Waals surface area contributed by atoms with Crippen LogP contribution >= 0.6 is 0 Å². The molecule has 0 unspecified atom stereocenters. The van der Waals surface area contributed by atoms with E-state index in [-0.39, 0.29) is 18.9 Å². The van der Waals surface area contributed by atoms with Crippen molar-refractivity contribution in [2.45, 2.75) is 136 Å². The molecule has 0 aromatic rings. The molecule has 0 aliphatic heterocycles. The molecule has 1 aliphatic rings. The highest BCUT2D eigenvalue weighted by molar-refractivity contribution is 7.81. The monoisotopic (exact) mass is 423 g/mol. The Balaban J connectivity index is 0.